The quantitative estimate of drug-likeness (QED) is 0.483. The van der Waals surface area contributed by atoms with Crippen molar-refractivity contribution in [3.63, 3.8) is 0 Å². The Balaban J connectivity index is 2.31. The van der Waals surface area contributed by atoms with Crippen molar-refractivity contribution < 1.29 is 9.47 Å². The van der Waals surface area contributed by atoms with E-state index in [0.29, 0.717) is 6.61 Å². The molecule has 1 atom stereocenters. The number of rotatable bonds is 9. The van der Waals surface area contributed by atoms with Crippen molar-refractivity contribution >= 4 is 0 Å². The summed E-state index contributed by atoms with van der Waals surface area (Å²) in [5.74, 6) is 0.918. The number of hydrogen-bond acceptors (Lipinski definition) is 2. The predicted octanol–water partition coefficient (Wildman–Crippen LogP) is 4.14. The van der Waals surface area contributed by atoms with E-state index in [1.165, 1.54) is 12.8 Å². The molecule has 0 fully saturated rings. The molecule has 0 N–H and O–H groups in total. The highest BCUT2D eigenvalue weighted by atomic mass is 16.5. The lowest BCUT2D eigenvalue weighted by atomic mass is 10.2. The number of aryl methyl sites for hydroxylation is 1. The highest BCUT2D eigenvalue weighted by Gasteiger charge is 2.06. The summed E-state index contributed by atoms with van der Waals surface area (Å²) in [4.78, 5) is 0. The zero-order chi connectivity index (χ0) is 13.2. The average molecular weight is 248 g/mol. The summed E-state index contributed by atoms with van der Waals surface area (Å²) in [6.07, 6.45) is 5.31. The van der Waals surface area contributed by atoms with Gasteiger partial charge in [-0.2, -0.15) is 0 Å². The number of ether oxygens (including phenoxy) is 2. The summed E-state index contributed by atoms with van der Waals surface area (Å²) in [6, 6.07) is 8.01. The van der Waals surface area contributed by atoms with Gasteiger partial charge in [-0.05, 0) is 25.0 Å². The summed E-state index contributed by atoms with van der Waals surface area (Å²) in [5.41, 5.74) is 1.14. The Hall–Kier alpha value is -1.28. The van der Waals surface area contributed by atoms with Gasteiger partial charge in [0, 0.05) is 6.61 Å². The fourth-order valence-electron chi connectivity index (χ4n) is 1.66. The Labute approximate surface area is 111 Å². The first-order valence-corrected chi connectivity index (χ1v) is 6.70. The maximum absolute atomic E-state index is 5.75. The SMILES string of the molecule is C=CC(COc1ccccc1C)OCCCCC. The van der Waals surface area contributed by atoms with Crippen LogP contribution in [0.25, 0.3) is 0 Å². The van der Waals surface area contributed by atoms with Gasteiger partial charge in [0.05, 0.1) is 0 Å². The second-order valence-electron chi connectivity index (χ2n) is 4.43. The number of hydrogen-bond donors (Lipinski definition) is 0. The van der Waals surface area contributed by atoms with Crippen LogP contribution in [0, 0.1) is 6.92 Å². The first-order chi connectivity index (χ1) is 8.77. The minimum Gasteiger partial charge on any atom is -0.490 e. The molecule has 0 amide bonds. The minimum absolute atomic E-state index is 0.0264. The van der Waals surface area contributed by atoms with Gasteiger partial charge in [-0.1, -0.05) is 44.0 Å². The van der Waals surface area contributed by atoms with Crippen LogP contribution >= 0.6 is 0 Å². The molecule has 1 aromatic rings. The molecule has 0 heterocycles. The zero-order valence-electron chi connectivity index (χ0n) is 11.5. The van der Waals surface area contributed by atoms with Crippen LogP contribution in [0.3, 0.4) is 0 Å². The van der Waals surface area contributed by atoms with Crippen LogP contribution in [0.15, 0.2) is 36.9 Å². The van der Waals surface area contributed by atoms with Crippen molar-refractivity contribution in [3.8, 4) is 5.75 Å². The molecule has 1 aromatic carbocycles. The summed E-state index contributed by atoms with van der Waals surface area (Å²) in [6.45, 7) is 9.33. The molecular formula is C16H24O2. The average Bonchev–Trinajstić information content (AvgIpc) is 2.40. The van der Waals surface area contributed by atoms with Gasteiger partial charge in [0.15, 0.2) is 0 Å². The van der Waals surface area contributed by atoms with Crippen molar-refractivity contribution in [2.45, 2.75) is 39.2 Å². The molecule has 1 rings (SSSR count). The summed E-state index contributed by atoms with van der Waals surface area (Å²) in [7, 11) is 0. The van der Waals surface area contributed by atoms with Gasteiger partial charge in [0.1, 0.15) is 18.5 Å². The molecule has 1 unspecified atom stereocenters. The second-order valence-corrected chi connectivity index (χ2v) is 4.43. The van der Waals surface area contributed by atoms with Gasteiger partial charge in [0.2, 0.25) is 0 Å². The smallest absolute Gasteiger partial charge is 0.122 e. The highest BCUT2D eigenvalue weighted by molar-refractivity contribution is 5.31. The maximum Gasteiger partial charge on any atom is 0.122 e. The van der Waals surface area contributed by atoms with Crippen LogP contribution in [-0.2, 0) is 4.74 Å². The Morgan fingerprint density at radius 1 is 1.28 bits per heavy atom. The predicted molar refractivity (Wildman–Crippen MR) is 76.1 cm³/mol. The molecule has 0 saturated heterocycles. The van der Waals surface area contributed by atoms with E-state index in [4.69, 9.17) is 9.47 Å². The Morgan fingerprint density at radius 2 is 2.06 bits per heavy atom. The molecule has 0 bridgehead atoms. The van der Waals surface area contributed by atoms with E-state index in [-0.39, 0.29) is 6.10 Å². The summed E-state index contributed by atoms with van der Waals surface area (Å²) < 4.78 is 11.5. The van der Waals surface area contributed by atoms with Gasteiger partial charge in [-0.25, -0.2) is 0 Å². The molecule has 100 valence electrons. The Morgan fingerprint density at radius 3 is 2.72 bits per heavy atom. The molecule has 2 nitrogen and oxygen atoms in total. The van der Waals surface area contributed by atoms with Crippen molar-refractivity contribution in [2.24, 2.45) is 0 Å². The van der Waals surface area contributed by atoms with Crippen LogP contribution in [0.5, 0.6) is 5.75 Å². The van der Waals surface area contributed by atoms with Crippen LogP contribution in [0.4, 0.5) is 0 Å². The van der Waals surface area contributed by atoms with Gasteiger partial charge < -0.3 is 9.47 Å². The molecule has 0 aliphatic carbocycles. The van der Waals surface area contributed by atoms with Crippen LogP contribution < -0.4 is 4.74 Å². The Bertz CT molecular complexity index is 347. The fourth-order valence-corrected chi connectivity index (χ4v) is 1.66. The molecule has 18 heavy (non-hydrogen) atoms. The topological polar surface area (TPSA) is 18.5 Å². The highest BCUT2D eigenvalue weighted by Crippen LogP contribution is 2.16. The monoisotopic (exact) mass is 248 g/mol. The van der Waals surface area contributed by atoms with Gasteiger partial charge in [0.25, 0.3) is 0 Å². The molecular weight excluding hydrogens is 224 g/mol. The maximum atomic E-state index is 5.75. The molecule has 0 saturated carbocycles. The third-order valence-corrected chi connectivity index (χ3v) is 2.84. The van der Waals surface area contributed by atoms with Crippen molar-refractivity contribution in [1.82, 2.24) is 0 Å². The molecule has 0 aliphatic heterocycles. The Kier molecular flexibility index (Phi) is 7.19. The lowest BCUT2D eigenvalue weighted by Gasteiger charge is -2.16. The van der Waals surface area contributed by atoms with E-state index in [1.807, 2.05) is 37.3 Å². The van der Waals surface area contributed by atoms with E-state index >= 15 is 0 Å². The molecule has 0 radical (unpaired) electrons. The minimum atomic E-state index is -0.0264. The van der Waals surface area contributed by atoms with Gasteiger partial charge in [-0.3, -0.25) is 0 Å². The molecule has 0 aromatic heterocycles. The van der Waals surface area contributed by atoms with Crippen molar-refractivity contribution in [3.05, 3.63) is 42.5 Å². The van der Waals surface area contributed by atoms with E-state index in [1.54, 1.807) is 0 Å². The largest absolute Gasteiger partial charge is 0.490 e. The summed E-state index contributed by atoms with van der Waals surface area (Å²) in [5, 5.41) is 0. The standard InChI is InChI=1S/C16H24O2/c1-4-6-9-12-17-15(5-2)13-18-16-11-8-7-10-14(16)3/h5,7-8,10-11,15H,2,4,6,9,12-13H2,1,3H3. The second kappa shape index (κ2) is 8.76. The summed E-state index contributed by atoms with van der Waals surface area (Å²) >= 11 is 0. The number of unbranched alkanes of at least 4 members (excludes halogenated alkanes) is 2. The number of benzene rings is 1. The number of para-hydroxylation sites is 1. The molecule has 0 spiro atoms. The first-order valence-electron chi connectivity index (χ1n) is 6.70. The van der Waals surface area contributed by atoms with E-state index < -0.39 is 0 Å². The van der Waals surface area contributed by atoms with E-state index in [2.05, 4.69) is 13.5 Å². The van der Waals surface area contributed by atoms with Crippen molar-refractivity contribution in [1.29, 1.82) is 0 Å². The van der Waals surface area contributed by atoms with Crippen LogP contribution in [-0.4, -0.2) is 19.3 Å². The zero-order valence-corrected chi connectivity index (χ0v) is 11.5. The lowest BCUT2D eigenvalue weighted by Crippen LogP contribution is -2.20. The van der Waals surface area contributed by atoms with Crippen LogP contribution in [0.2, 0.25) is 0 Å². The normalized spacial score (nSPS) is 12.1. The van der Waals surface area contributed by atoms with Crippen LogP contribution in [0.1, 0.15) is 31.7 Å². The molecule has 0 aliphatic rings. The third-order valence-electron chi connectivity index (χ3n) is 2.84. The first kappa shape index (κ1) is 14.8. The fraction of sp³-hybridized carbons (Fsp3) is 0.500. The lowest BCUT2D eigenvalue weighted by molar-refractivity contribution is 0.0482. The third kappa shape index (κ3) is 5.37. The van der Waals surface area contributed by atoms with Gasteiger partial charge in [-0.15, -0.1) is 6.58 Å². The van der Waals surface area contributed by atoms with Gasteiger partial charge >= 0.3 is 0 Å². The van der Waals surface area contributed by atoms with E-state index in [0.717, 1.165) is 24.3 Å². The molecule has 2 heteroatoms. The van der Waals surface area contributed by atoms with E-state index in [9.17, 15) is 0 Å². The van der Waals surface area contributed by atoms with Crippen molar-refractivity contribution in [2.75, 3.05) is 13.2 Å².